The van der Waals surface area contributed by atoms with Crippen molar-refractivity contribution in [2.75, 3.05) is 6.26 Å². The van der Waals surface area contributed by atoms with Crippen LogP contribution in [0.5, 0.6) is 0 Å². The summed E-state index contributed by atoms with van der Waals surface area (Å²) < 4.78 is 0. The number of nitrogens with zero attached hydrogens (tertiary/aromatic N) is 2. The molecular formula is C10H15N3S. The first-order chi connectivity index (χ1) is 6.76. The largest absolute Gasteiger partial charge is 0.324 e. The second-order valence-corrected chi connectivity index (χ2v) is 4.29. The van der Waals surface area contributed by atoms with Crippen molar-refractivity contribution >= 4 is 11.8 Å². The second kappa shape index (κ2) is 3.87. The minimum atomic E-state index is 0.163. The quantitative estimate of drug-likeness (QED) is 0.595. The van der Waals surface area contributed by atoms with E-state index >= 15 is 0 Å². The van der Waals surface area contributed by atoms with Crippen LogP contribution in [0.3, 0.4) is 0 Å². The van der Waals surface area contributed by atoms with E-state index in [1.54, 1.807) is 11.8 Å². The van der Waals surface area contributed by atoms with Crippen LogP contribution in [0.1, 0.15) is 36.3 Å². The van der Waals surface area contributed by atoms with E-state index in [0.717, 1.165) is 30.1 Å². The van der Waals surface area contributed by atoms with Crippen LogP contribution in [0.4, 0.5) is 0 Å². The number of aromatic nitrogens is 2. The highest BCUT2D eigenvalue weighted by molar-refractivity contribution is 7.98. The number of rotatable bonds is 2. The van der Waals surface area contributed by atoms with Gasteiger partial charge in [0.25, 0.3) is 0 Å². The summed E-state index contributed by atoms with van der Waals surface area (Å²) in [5, 5.41) is 0.884. The number of nitrogens with two attached hydrogens (primary N) is 1. The average Bonchev–Trinajstić information content (AvgIpc) is 2.59. The van der Waals surface area contributed by atoms with Crippen LogP contribution in [0.25, 0.3) is 0 Å². The first-order valence-electron chi connectivity index (χ1n) is 4.95. The lowest BCUT2D eigenvalue weighted by atomic mass is 10.1. The maximum Gasteiger partial charge on any atom is 0.187 e. The first-order valence-corrected chi connectivity index (χ1v) is 6.18. The highest BCUT2D eigenvalue weighted by Crippen LogP contribution is 2.31. The predicted molar refractivity (Wildman–Crippen MR) is 58.4 cm³/mol. The second-order valence-electron chi connectivity index (χ2n) is 3.52. The topological polar surface area (TPSA) is 51.8 Å². The summed E-state index contributed by atoms with van der Waals surface area (Å²) >= 11 is 1.60. The molecule has 1 aliphatic rings. The van der Waals surface area contributed by atoms with Crippen LogP contribution in [-0.4, -0.2) is 16.2 Å². The molecule has 0 aromatic carbocycles. The Hall–Kier alpha value is -0.610. The summed E-state index contributed by atoms with van der Waals surface area (Å²) in [5.74, 6) is 0. The fraction of sp³-hybridized carbons (Fsp3) is 0.600. The van der Waals surface area contributed by atoms with Crippen molar-refractivity contribution in [3.8, 4) is 0 Å². The molecule has 0 radical (unpaired) electrons. The third-order valence-corrected chi connectivity index (χ3v) is 3.21. The molecule has 1 unspecified atom stereocenters. The molecule has 0 fully saturated rings. The Balaban J connectivity index is 2.52. The zero-order chi connectivity index (χ0) is 10.1. The summed E-state index contributed by atoms with van der Waals surface area (Å²) in [6, 6.07) is 0.163. The molecule has 1 aromatic rings. The number of fused-ring (bicyclic) bond motifs is 1. The average molecular weight is 209 g/mol. The SMILES string of the molecule is CCc1nc(SC)nc2c1C(N)CC2. The van der Waals surface area contributed by atoms with Crippen molar-refractivity contribution in [1.82, 2.24) is 9.97 Å². The van der Waals surface area contributed by atoms with Gasteiger partial charge in [0.15, 0.2) is 5.16 Å². The standard InChI is InChI=1S/C10H15N3S/c1-3-7-9-6(11)4-5-8(9)13-10(12-7)14-2/h6H,3-5,11H2,1-2H3. The lowest BCUT2D eigenvalue weighted by Gasteiger charge is -2.10. The van der Waals surface area contributed by atoms with Gasteiger partial charge in [-0.15, -0.1) is 0 Å². The molecule has 0 saturated heterocycles. The predicted octanol–water partition coefficient (Wildman–Crippen LogP) is 1.71. The molecule has 1 atom stereocenters. The van der Waals surface area contributed by atoms with Gasteiger partial charge in [0, 0.05) is 17.3 Å². The van der Waals surface area contributed by atoms with E-state index in [0.29, 0.717) is 0 Å². The summed E-state index contributed by atoms with van der Waals surface area (Å²) in [4.78, 5) is 9.01. The van der Waals surface area contributed by atoms with Crippen molar-refractivity contribution < 1.29 is 0 Å². The Morgan fingerprint density at radius 3 is 2.93 bits per heavy atom. The van der Waals surface area contributed by atoms with Crippen molar-refractivity contribution in [2.45, 2.75) is 37.4 Å². The molecule has 3 nitrogen and oxygen atoms in total. The van der Waals surface area contributed by atoms with Crippen molar-refractivity contribution in [2.24, 2.45) is 5.73 Å². The van der Waals surface area contributed by atoms with E-state index < -0.39 is 0 Å². The van der Waals surface area contributed by atoms with Gasteiger partial charge in [-0.3, -0.25) is 0 Å². The molecule has 0 spiro atoms. The Morgan fingerprint density at radius 2 is 2.29 bits per heavy atom. The third kappa shape index (κ3) is 1.53. The number of thioether (sulfide) groups is 1. The van der Waals surface area contributed by atoms with Gasteiger partial charge in [-0.1, -0.05) is 18.7 Å². The zero-order valence-corrected chi connectivity index (χ0v) is 9.40. The van der Waals surface area contributed by atoms with E-state index in [9.17, 15) is 0 Å². The summed E-state index contributed by atoms with van der Waals surface area (Å²) in [6.45, 7) is 2.12. The lowest BCUT2D eigenvalue weighted by Crippen LogP contribution is -2.10. The molecule has 14 heavy (non-hydrogen) atoms. The van der Waals surface area contributed by atoms with Gasteiger partial charge in [-0.2, -0.15) is 0 Å². The molecule has 0 aliphatic heterocycles. The molecule has 2 rings (SSSR count). The molecule has 0 saturated carbocycles. The summed E-state index contributed by atoms with van der Waals surface area (Å²) in [7, 11) is 0. The molecule has 2 N–H and O–H groups in total. The zero-order valence-electron chi connectivity index (χ0n) is 8.58. The number of hydrogen-bond donors (Lipinski definition) is 1. The molecule has 0 bridgehead atoms. The van der Waals surface area contributed by atoms with Crippen LogP contribution in [-0.2, 0) is 12.8 Å². The summed E-state index contributed by atoms with van der Waals surface area (Å²) in [6.07, 6.45) is 5.00. The fourth-order valence-corrected chi connectivity index (χ4v) is 2.36. The Labute approximate surface area is 88.5 Å². The van der Waals surface area contributed by atoms with Crippen LogP contribution in [0.2, 0.25) is 0 Å². The van der Waals surface area contributed by atoms with Gasteiger partial charge >= 0.3 is 0 Å². The van der Waals surface area contributed by atoms with E-state index in [-0.39, 0.29) is 6.04 Å². The fourth-order valence-electron chi connectivity index (χ4n) is 1.96. The van der Waals surface area contributed by atoms with Gasteiger partial charge in [0.2, 0.25) is 0 Å². The molecule has 1 aromatic heterocycles. The van der Waals surface area contributed by atoms with Gasteiger partial charge in [-0.05, 0) is 25.5 Å². The van der Waals surface area contributed by atoms with E-state index in [1.807, 2.05) is 6.26 Å². The van der Waals surface area contributed by atoms with Crippen LogP contribution in [0.15, 0.2) is 5.16 Å². The van der Waals surface area contributed by atoms with Crippen LogP contribution in [0, 0.1) is 0 Å². The van der Waals surface area contributed by atoms with Gasteiger partial charge in [0.1, 0.15) is 0 Å². The minimum absolute atomic E-state index is 0.163. The molecule has 1 aliphatic carbocycles. The van der Waals surface area contributed by atoms with Gasteiger partial charge in [0.05, 0.1) is 5.69 Å². The number of hydrogen-bond acceptors (Lipinski definition) is 4. The molecule has 4 heteroatoms. The minimum Gasteiger partial charge on any atom is -0.324 e. The Kier molecular flexibility index (Phi) is 2.74. The summed E-state index contributed by atoms with van der Waals surface area (Å²) in [5.41, 5.74) is 9.56. The molecule has 0 amide bonds. The molecule has 76 valence electrons. The van der Waals surface area contributed by atoms with E-state index in [4.69, 9.17) is 5.73 Å². The van der Waals surface area contributed by atoms with Crippen LogP contribution >= 0.6 is 11.8 Å². The highest BCUT2D eigenvalue weighted by Gasteiger charge is 2.24. The van der Waals surface area contributed by atoms with Gasteiger partial charge in [-0.25, -0.2) is 9.97 Å². The smallest absolute Gasteiger partial charge is 0.187 e. The van der Waals surface area contributed by atoms with E-state index in [1.165, 1.54) is 11.3 Å². The first kappa shape index (κ1) is 9.93. The van der Waals surface area contributed by atoms with Gasteiger partial charge < -0.3 is 5.73 Å². The Bertz CT molecular complexity index is 351. The van der Waals surface area contributed by atoms with Crippen molar-refractivity contribution in [3.05, 3.63) is 17.0 Å². The molecule has 1 heterocycles. The van der Waals surface area contributed by atoms with Crippen molar-refractivity contribution in [1.29, 1.82) is 0 Å². The monoisotopic (exact) mass is 209 g/mol. The number of aryl methyl sites for hydroxylation is 2. The highest BCUT2D eigenvalue weighted by atomic mass is 32.2. The third-order valence-electron chi connectivity index (χ3n) is 2.66. The normalized spacial score (nSPS) is 19.8. The van der Waals surface area contributed by atoms with Crippen LogP contribution < -0.4 is 5.73 Å². The van der Waals surface area contributed by atoms with Crippen molar-refractivity contribution in [3.63, 3.8) is 0 Å². The molecular weight excluding hydrogens is 194 g/mol. The maximum atomic E-state index is 6.03. The lowest BCUT2D eigenvalue weighted by molar-refractivity contribution is 0.702. The Morgan fingerprint density at radius 1 is 1.50 bits per heavy atom. The van der Waals surface area contributed by atoms with E-state index in [2.05, 4.69) is 16.9 Å². The maximum absolute atomic E-state index is 6.03.